The summed E-state index contributed by atoms with van der Waals surface area (Å²) in [7, 11) is 0.940. The van der Waals surface area contributed by atoms with Crippen molar-refractivity contribution in [3.05, 3.63) is 36.4 Å². The minimum absolute atomic E-state index is 0.940. The topological polar surface area (TPSA) is 24.9 Å². The minimum Gasteiger partial charge on any atom is -0.404 e. The van der Waals surface area contributed by atoms with Crippen LogP contribution in [0.5, 0.6) is 0 Å². The van der Waals surface area contributed by atoms with Crippen molar-refractivity contribution in [1.82, 2.24) is 4.98 Å². The average Bonchev–Trinajstić information content (AvgIpc) is 2.17. The smallest absolute Gasteiger partial charge is 0.118 e. The second kappa shape index (κ2) is 2.95. The highest BCUT2D eigenvalue weighted by molar-refractivity contribution is 6.15. The molecule has 0 amide bonds. The monoisotopic (exact) mass is 174 g/mol. The fourth-order valence-electron chi connectivity index (χ4n) is 1.21. The van der Waals surface area contributed by atoms with Crippen LogP contribution < -0.4 is 4.98 Å². The fraction of sp³-hybridized carbons (Fsp3) is 0. The Bertz CT molecular complexity index is 400. The maximum absolute atomic E-state index is 4.42. The number of hydrogen-bond donors (Lipinski definition) is 1. The standard InChI is InChI=1S/C9H10N2Si/c12-11-9-6-5-7-3-1-2-4-8(7)10-9/h1-6H,12H3,(H,10,11). The van der Waals surface area contributed by atoms with E-state index in [2.05, 4.69) is 22.1 Å². The van der Waals surface area contributed by atoms with E-state index < -0.39 is 0 Å². The van der Waals surface area contributed by atoms with Crippen LogP contribution in [0.4, 0.5) is 5.82 Å². The lowest BCUT2D eigenvalue weighted by molar-refractivity contribution is 1.41. The third kappa shape index (κ3) is 1.19. The van der Waals surface area contributed by atoms with Gasteiger partial charge in [-0.05, 0) is 18.2 Å². The first kappa shape index (κ1) is 7.30. The normalized spacial score (nSPS) is 10.3. The van der Waals surface area contributed by atoms with Gasteiger partial charge in [-0.15, -0.1) is 0 Å². The van der Waals surface area contributed by atoms with E-state index in [1.165, 1.54) is 5.39 Å². The average molecular weight is 174 g/mol. The SMILES string of the molecule is [SiH3]Nc1ccc2ccccc2n1. The van der Waals surface area contributed by atoms with Gasteiger partial charge in [0.05, 0.1) is 5.52 Å². The Hall–Kier alpha value is -1.35. The van der Waals surface area contributed by atoms with Crippen LogP contribution in [0.1, 0.15) is 0 Å². The summed E-state index contributed by atoms with van der Waals surface area (Å²) in [6, 6.07) is 12.2. The van der Waals surface area contributed by atoms with Gasteiger partial charge in [-0.1, -0.05) is 18.2 Å². The molecule has 0 aliphatic heterocycles. The van der Waals surface area contributed by atoms with Crippen LogP contribution in [0.15, 0.2) is 36.4 Å². The molecule has 1 aromatic heterocycles. The number of para-hydroxylation sites is 1. The summed E-state index contributed by atoms with van der Waals surface area (Å²) in [6.45, 7) is 0. The number of fused-ring (bicyclic) bond motifs is 1. The highest BCUT2D eigenvalue weighted by atomic mass is 28.2. The predicted octanol–water partition coefficient (Wildman–Crippen LogP) is 0.927. The number of anilines is 1. The van der Waals surface area contributed by atoms with E-state index in [0.29, 0.717) is 0 Å². The summed E-state index contributed by atoms with van der Waals surface area (Å²) >= 11 is 0. The summed E-state index contributed by atoms with van der Waals surface area (Å²) in [5, 5.41) is 1.19. The summed E-state index contributed by atoms with van der Waals surface area (Å²) in [5.74, 6) is 0.973. The number of hydrogen-bond acceptors (Lipinski definition) is 2. The van der Waals surface area contributed by atoms with Crippen molar-refractivity contribution in [3.8, 4) is 0 Å². The van der Waals surface area contributed by atoms with E-state index in [9.17, 15) is 0 Å². The van der Waals surface area contributed by atoms with E-state index in [1.54, 1.807) is 0 Å². The third-order valence-corrected chi connectivity index (χ3v) is 2.37. The van der Waals surface area contributed by atoms with Crippen molar-refractivity contribution in [3.63, 3.8) is 0 Å². The molecule has 1 N–H and O–H groups in total. The van der Waals surface area contributed by atoms with E-state index in [1.807, 2.05) is 24.3 Å². The van der Waals surface area contributed by atoms with E-state index in [-0.39, 0.29) is 0 Å². The molecule has 1 aromatic carbocycles. The molecule has 0 aliphatic carbocycles. The lowest BCUT2D eigenvalue weighted by Gasteiger charge is -2.00. The molecule has 12 heavy (non-hydrogen) atoms. The molecule has 0 aliphatic rings. The molecule has 0 spiro atoms. The Balaban J connectivity index is 2.67. The number of nitrogens with zero attached hydrogens (tertiary/aromatic N) is 1. The molecular formula is C9H10N2Si. The zero-order chi connectivity index (χ0) is 8.39. The number of pyridine rings is 1. The molecule has 2 rings (SSSR count). The molecule has 0 saturated heterocycles. The van der Waals surface area contributed by atoms with Crippen LogP contribution in [-0.4, -0.2) is 15.4 Å². The Morgan fingerprint density at radius 1 is 1.08 bits per heavy atom. The maximum Gasteiger partial charge on any atom is 0.118 e. The van der Waals surface area contributed by atoms with Crippen molar-refractivity contribution in [1.29, 1.82) is 0 Å². The van der Waals surface area contributed by atoms with Crippen LogP contribution in [0.25, 0.3) is 10.9 Å². The van der Waals surface area contributed by atoms with Gasteiger partial charge in [-0.2, -0.15) is 0 Å². The first-order chi connectivity index (χ1) is 5.90. The van der Waals surface area contributed by atoms with Crippen molar-refractivity contribution in [2.45, 2.75) is 0 Å². The molecule has 2 nitrogen and oxygen atoms in total. The van der Waals surface area contributed by atoms with Crippen LogP contribution in [-0.2, 0) is 0 Å². The van der Waals surface area contributed by atoms with Gasteiger partial charge in [0, 0.05) is 5.39 Å². The van der Waals surface area contributed by atoms with Crippen LogP contribution in [0.2, 0.25) is 0 Å². The summed E-state index contributed by atoms with van der Waals surface area (Å²) < 4.78 is 0. The first-order valence-corrected chi connectivity index (χ1v) is 4.94. The van der Waals surface area contributed by atoms with Gasteiger partial charge >= 0.3 is 0 Å². The second-order valence-corrected chi connectivity index (χ2v) is 3.14. The Kier molecular flexibility index (Phi) is 1.79. The number of benzene rings is 1. The van der Waals surface area contributed by atoms with Gasteiger partial charge in [-0.25, -0.2) is 4.98 Å². The van der Waals surface area contributed by atoms with E-state index >= 15 is 0 Å². The molecule has 60 valence electrons. The van der Waals surface area contributed by atoms with Crippen LogP contribution in [0.3, 0.4) is 0 Å². The first-order valence-electron chi connectivity index (χ1n) is 3.94. The molecule has 0 atom stereocenters. The summed E-state index contributed by atoms with van der Waals surface area (Å²) in [5.41, 5.74) is 1.05. The third-order valence-electron chi connectivity index (χ3n) is 1.85. The predicted molar refractivity (Wildman–Crippen MR) is 55.3 cm³/mol. The van der Waals surface area contributed by atoms with E-state index in [4.69, 9.17) is 0 Å². The quantitative estimate of drug-likeness (QED) is 0.650. The molecule has 0 radical (unpaired) electrons. The van der Waals surface area contributed by atoms with Gasteiger partial charge in [0.15, 0.2) is 0 Å². The van der Waals surface area contributed by atoms with Gasteiger partial charge < -0.3 is 4.98 Å². The Labute approximate surface area is 74.1 Å². The molecule has 1 heterocycles. The minimum atomic E-state index is 0.940. The highest BCUT2D eigenvalue weighted by Gasteiger charge is 1.93. The Morgan fingerprint density at radius 2 is 1.92 bits per heavy atom. The molecule has 0 saturated carbocycles. The van der Waals surface area contributed by atoms with Gasteiger partial charge in [0.2, 0.25) is 0 Å². The molecule has 2 aromatic rings. The number of nitrogens with one attached hydrogen (secondary N) is 1. The largest absolute Gasteiger partial charge is 0.404 e. The molecule has 3 heteroatoms. The van der Waals surface area contributed by atoms with Gasteiger partial charge in [0.25, 0.3) is 0 Å². The van der Waals surface area contributed by atoms with E-state index in [0.717, 1.165) is 21.7 Å². The zero-order valence-electron chi connectivity index (χ0n) is 6.91. The summed E-state index contributed by atoms with van der Waals surface area (Å²) in [4.78, 5) is 7.56. The molecule has 0 unspecified atom stereocenters. The highest BCUT2D eigenvalue weighted by Crippen LogP contribution is 2.13. The van der Waals surface area contributed by atoms with Crippen LogP contribution in [0, 0.1) is 0 Å². The lowest BCUT2D eigenvalue weighted by atomic mass is 10.2. The lowest BCUT2D eigenvalue weighted by Crippen LogP contribution is -1.93. The molecule has 0 fully saturated rings. The van der Waals surface area contributed by atoms with Crippen molar-refractivity contribution < 1.29 is 0 Å². The van der Waals surface area contributed by atoms with Gasteiger partial charge in [-0.3, -0.25) is 0 Å². The zero-order valence-corrected chi connectivity index (χ0v) is 8.91. The Morgan fingerprint density at radius 3 is 2.75 bits per heavy atom. The number of rotatable bonds is 1. The van der Waals surface area contributed by atoms with Gasteiger partial charge in [0.1, 0.15) is 16.2 Å². The fourth-order valence-corrected chi connectivity index (χ4v) is 1.48. The van der Waals surface area contributed by atoms with Crippen LogP contribution >= 0.6 is 0 Å². The molecule has 0 bridgehead atoms. The maximum atomic E-state index is 4.42. The summed E-state index contributed by atoms with van der Waals surface area (Å²) in [6.07, 6.45) is 0. The number of aromatic nitrogens is 1. The van der Waals surface area contributed by atoms with Crippen molar-refractivity contribution in [2.24, 2.45) is 0 Å². The molecular weight excluding hydrogens is 164 g/mol. The van der Waals surface area contributed by atoms with Crippen molar-refractivity contribution in [2.75, 3.05) is 4.98 Å². The van der Waals surface area contributed by atoms with Crippen molar-refractivity contribution >= 4 is 27.1 Å². The second-order valence-electron chi connectivity index (χ2n) is 2.64.